The summed E-state index contributed by atoms with van der Waals surface area (Å²) < 4.78 is 14.8. The number of nitrogens with zero attached hydrogens (tertiary/aromatic N) is 3. The largest absolute Gasteiger partial charge is 0.309 e. The van der Waals surface area contributed by atoms with Gasteiger partial charge in [-0.15, -0.1) is 0 Å². The van der Waals surface area contributed by atoms with Crippen molar-refractivity contribution in [1.29, 1.82) is 0 Å². The fourth-order valence-electron chi connectivity index (χ4n) is 3.44. The van der Waals surface area contributed by atoms with Crippen LogP contribution in [-0.2, 0) is 17.8 Å². The second-order valence-corrected chi connectivity index (χ2v) is 6.84. The molecule has 0 aliphatic carbocycles. The summed E-state index contributed by atoms with van der Waals surface area (Å²) in [7, 11) is 0. The Hall–Kier alpha value is -2.99. The van der Waals surface area contributed by atoms with E-state index >= 15 is 0 Å². The average Bonchev–Trinajstić information content (AvgIpc) is 3.02. The van der Waals surface area contributed by atoms with Crippen molar-refractivity contribution in [1.82, 2.24) is 14.7 Å². The van der Waals surface area contributed by atoms with Gasteiger partial charge in [0.1, 0.15) is 11.6 Å². The number of fused-ring (bicyclic) bond motifs is 1. The predicted octanol–water partition coefficient (Wildman–Crippen LogP) is 3.32. The number of aromatic nitrogens is 2. The molecule has 138 valence electrons. The molecule has 1 aromatic heterocycles. The maximum atomic E-state index is 13.2. The number of hydrogen-bond donors (Lipinski definition) is 1. The number of rotatable bonds is 4. The van der Waals surface area contributed by atoms with Gasteiger partial charge < -0.3 is 5.32 Å². The van der Waals surface area contributed by atoms with Crippen LogP contribution in [0.1, 0.15) is 16.8 Å². The van der Waals surface area contributed by atoms with E-state index in [2.05, 4.69) is 33.5 Å². The molecule has 1 aliphatic heterocycles. The van der Waals surface area contributed by atoms with E-state index in [9.17, 15) is 9.18 Å². The monoisotopic (exact) mass is 364 g/mol. The summed E-state index contributed by atoms with van der Waals surface area (Å²) in [5, 5.41) is 7.35. The maximum absolute atomic E-state index is 13.2. The van der Waals surface area contributed by atoms with Crippen molar-refractivity contribution in [2.24, 2.45) is 0 Å². The Bertz CT molecular complexity index is 965. The van der Waals surface area contributed by atoms with Gasteiger partial charge in [0.25, 0.3) is 0 Å². The second-order valence-electron chi connectivity index (χ2n) is 6.84. The van der Waals surface area contributed by atoms with E-state index in [0.717, 1.165) is 25.2 Å². The summed E-state index contributed by atoms with van der Waals surface area (Å²) in [4.78, 5) is 14.7. The molecule has 0 spiro atoms. The quantitative estimate of drug-likeness (QED) is 0.773. The third-order valence-corrected chi connectivity index (χ3v) is 4.75. The highest BCUT2D eigenvalue weighted by Crippen LogP contribution is 2.20. The van der Waals surface area contributed by atoms with Gasteiger partial charge in [0.05, 0.1) is 17.9 Å². The van der Waals surface area contributed by atoms with E-state index in [1.807, 2.05) is 19.1 Å². The Morgan fingerprint density at radius 1 is 1.15 bits per heavy atom. The van der Waals surface area contributed by atoms with Gasteiger partial charge in [-0.05, 0) is 48.7 Å². The van der Waals surface area contributed by atoms with Crippen molar-refractivity contribution in [2.75, 3.05) is 18.4 Å². The minimum atomic E-state index is -0.307. The molecule has 0 bridgehead atoms. The summed E-state index contributed by atoms with van der Waals surface area (Å²) in [6, 6.07) is 16.2. The number of anilines is 1. The smallest absolute Gasteiger partial charge is 0.239 e. The summed E-state index contributed by atoms with van der Waals surface area (Å²) >= 11 is 0. The van der Waals surface area contributed by atoms with Crippen LogP contribution in [-0.4, -0.2) is 33.7 Å². The molecule has 0 radical (unpaired) electrons. The van der Waals surface area contributed by atoms with Gasteiger partial charge in [-0.25, -0.2) is 9.07 Å². The Balaban J connectivity index is 1.45. The molecule has 4 rings (SSSR count). The van der Waals surface area contributed by atoms with Crippen LogP contribution in [0.4, 0.5) is 10.2 Å². The molecule has 0 fully saturated rings. The molecular formula is C21H21FN4O. The lowest BCUT2D eigenvalue weighted by molar-refractivity contribution is -0.117. The molecule has 0 unspecified atom stereocenters. The lowest BCUT2D eigenvalue weighted by Gasteiger charge is -2.28. The van der Waals surface area contributed by atoms with E-state index in [1.165, 1.54) is 23.3 Å². The van der Waals surface area contributed by atoms with Gasteiger partial charge in [-0.3, -0.25) is 9.69 Å². The first-order valence-electron chi connectivity index (χ1n) is 9.00. The number of carbonyl (C=O) groups is 1. The van der Waals surface area contributed by atoms with Crippen LogP contribution in [0.15, 0.2) is 54.6 Å². The minimum absolute atomic E-state index is 0.0855. The molecule has 0 saturated carbocycles. The van der Waals surface area contributed by atoms with Crippen LogP contribution in [0.25, 0.3) is 5.69 Å². The molecule has 27 heavy (non-hydrogen) atoms. The minimum Gasteiger partial charge on any atom is -0.309 e. The molecule has 1 aliphatic rings. The van der Waals surface area contributed by atoms with Crippen LogP contribution < -0.4 is 5.32 Å². The molecule has 0 atom stereocenters. The van der Waals surface area contributed by atoms with Crippen LogP contribution >= 0.6 is 0 Å². The average molecular weight is 364 g/mol. The molecule has 2 heterocycles. The molecule has 0 saturated heterocycles. The van der Waals surface area contributed by atoms with Gasteiger partial charge in [-0.1, -0.05) is 24.3 Å². The fraction of sp³-hybridized carbons (Fsp3) is 0.238. The molecule has 2 aromatic carbocycles. The van der Waals surface area contributed by atoms with Crippen molar-refractivity contribution in [2.45, 2.75) is 19.9 Å². The van der Waals surface area contributed by atoms with E-state index in [0.29, 0.717) is 18.1 Å². The van der Waals surface area contributed by atoms with E-state index in [-0.39, 0.29) is 11.7 Å². The summed E-state index contributed by atoms with van der Waals surface area (Å²) in [5.74, 6) is 0.192. The van der Waals surface area contributed by atoms with E-state index < -0.39 is 0 Å². The number of aryl methyl sites for hydroxylation is 1. The number of hydrogen-bond acceptors (Lipinski definition) is 3. The highest BCUT2D eigenvalue weighted by molar-refractivity contribution is 5.91. The number of nitrogens with one attached hydrogen (secondary N) is 1. The van der Waals surface area contributed by atoms with Crippen molar-refractivity contribution in [3.63, 3.8) is 0 Å². The van der Waals surface area contributed by atoms with Crippen molar-refractivity contribution in [3.05, 3.63) is 77.2 Å². The zero-order valence-corrected chi connectivity index (χ0v) is 15.2. The van der Waals surface area contributed by atoms with E-state index in [1.54, 1.807) is 16.8 Å². The highest BCUT2D eigenvalue weighted by atomic mass is 19.1. The molecule has 5 nitrogen and oxygen atoms in total. The van der Waals surface area contributed by atoms with E-state index in [4.69, 9.17) is 0 Å². The zero-order chi connectivity index (χ0) is 18.8. The first-order valence-corrected chi connectivity index (χ1v) is 9.00. The van der Waals surface area contributed by atoms with Crippen LogP contribution in [0.2, 0.25) is 0 Å². The standard InChI is InChI=1S/C21H21FN4O/c1-15-12-20(26(24-15)19-8-6-18(22)7-9-19)23-21(27)14-25-11-10-16-4-2-3-5-17(16)13-25/h2-9,12H,10-11,13-14H2,1H3,(H,23,27). The molecule has 1 N–H and O–H groups in total. The third kappa shape index (κ3) is 3.90. The zero-order valence-electron chi connectivity index (χ0n) is 15.2. The van der Waals surface area contributed by atoms with Crippen molar-refractivity contribution in [3.8, 4) is 5.69 Å². The van der Waals surface area contributed by atoms with Crippen LogP contribution in [0.3, 0.4) is 0 Å². The Kier molecular flexibility index (Phi) is 4.73. The molecule has 3 aromatic rings. The van der Waals surface area contributed by atoms with Crippen molar-refractivity contribution >= 4 is 11.7 Å². The predicted molar refractivity (Wildman–Crippen MR) is 102 cm³/mol. The molecular weight excluding hydrogens is 343 g/mol. The number of carbonyl (C=O) groups excluding carboxylic acids is 1. The summed E-state index contributed by atoms with van der Waals surface area (Å²) in [6.07, 6.45) is 0.954. The normalized spacial score (nSPS) is 14.0. The molecule has 1 amide bonds. The van der Waals surface area contributed by atoms with Crippen LogP contribution in [0, 0.1) is 12.7 Å². The van der Waals surface area contributed by atoms with Gasteiger partial charge in [0, 0.05) is 19.2 Å². The highest BCUT2D eigenvalue weighted by Gasteiger charge is 2.19. The van der Waals surface area contributed by atoms with Gasteiger partial charge in [-0.2, -0.15) is 5.10 Å². The maximum Gasteiger partial charge on any atom is 0.239 e. The third-order valence-electron chi connectivity index (χ3n) is 4.75. The Morgan fingerprint density at radius 2 is 1.89 bits per heavy atom. The van der Waals surface area contributed by atoms with Gasteiger partial charge in [0.2, 0.25) is 5.91 Å². The number of halogens is 1. The summed E-state index contributed by atoms with van der Waals surface area (Å²) in [6.45, 7) is 3.82. The fourth-order valence-corrected chi connectivity index (χ4v) is 3.44. The molecule has 6 heteroatoms. The van der Waals surface area contributed by atoms with Gasteiger partial charge in [0.15, 0.2) is 0 Å². The lowest BCUT2D eigenvalue weighted by Crippen LogP contribution is -2.37. The number of amides is 1. The second kappa shape index (κ2) is 7.32. The van der Waals surface area contributed by atoms with Crippen molar-refractivity contribution < 1.29 is 9.18 Å². The summed E-state index contributed by atoms with van der Waals surface area (Å²) in [5.41, 5.74) is 4.12. The Labute approximate surface area is 157 Å². The first-order chi connectivity index (χ1) is 13.1. The lowest BCUT2D eigenvalue weighted by atomic mass is 10.00. The SMILES string of the molecule is Cc1cc(NC(=O)CN2CCc3ccccc3C2)n(-c2ccc(F)cc2)n1. The topological polar surface area (TPSA) is 50.2 Å². The number of benzene rings is 2. The first kappa shape index (κ1) is 17.4. The van der Waals surface area contributed by atoms with Gasteiger partial charge >= 0.3 is 0 Å². The van der Waals surface area contributed by atoms with Crippen LogP contribution in [0.5, 0.6) is 0 Å². The Morgan fingerprint density at radius 3 is 2.67 bits per heavy atom.